The highest BCUT2D eigenvalue weighted by atomic mass is 16.5. The van der Waals surface area contributed by atoms with Gasteiger partial charge in [0.2, 0.25) is 0 Å². The number of fused-ring (bicyclic) bond motifs is 8. The second kappa shape index (κ2) is 23.8. The minimum Gasteiger partial charge on any atom is -0.496 e. The summed E-state index contributed by atoms with van der Waals surface area (Å²) in [5.41, 5.74) is 7.91. The van der Waals surface area contributed by atoms with Gasteiger partial charge in [0.15, 0.2) is 5.78 Å². The van der Waals surface area contributed by atoms with Gasteiger partial charge in [-0.25, -0.2) is 24.0 Å². The van der Waals surface area contributed by atoms with Crippen molar-refractivity contribution in [3.63, 3.8) is 0 Å². The van der Waals surface area contributed by atoms with Crippen molar-refractivity contribution in [1.29, 1.82) is 0 Å². The first kappa shape index (κ1) is 50.1. The molecule has 0 radical (unpaired) electrons. The second-order valence-electron chi connectivity index (χ2n) is 15.1. The third kappa shape index (κ3) is 13.5. The highest BCUT2D eigenvalue weighted by Crippen LogP contribution is 2.41. The summed E-state index contributed by atoms with van der Waals surface area (Å²) < 4.78 is 51.5. The Morgan fingerprint density at radius 1 is 0.403 bits per heavy atom. The van der Waals surface area contributed by atoms with Crippen LogP contribution in [0, 0.1) is 0 Å². The van der Waals surface area contributed by atoms with Crippen LogP contribution in [-0.4, -0.2) is 71.2 Å². The Morgan fingerprint density at radius 2 is 0.642 bits per heavy atom. The molecule has 350 valence electrons. The number of benzene rings is 4. The minimum absolute atomic E-state index is 0.0998. The number of allylic oxidation sites excluding steroid dienone is 1. The number of carbonyl (C=O) groups is 6. The molecule has 0 fully saturated rings. The maximum atomic E-state index is 12.7. The van der Waals surface area contributed by atoms with Gasteiger partial charge in [0.1, 0.15) is 49.4 Å². The maximum Gasteiger partial charge on any atom is 0.331 e. The first-order chi connectivity index (χ1) is 32.2. The summed E-state index contributed by atoms with van der Waals surface area (Å²) in [6.07, 6.45) is 7.10. The highest BCUT2D eigenvalue weighted by Gasteiger charge is 2.24. The molecule has 1 aliphatic rings. The van der Waals surface area contributed by atoms with E-state index in [0.717, 1.165) is 36.5 Å². The van der Waals surface area contributed by atoms with Crippen LogP contribution in [-0.2, 0) is 105 Å². The zero-order valence-electron chi connectivity index (χ0n) is 38.3. The van der Waals surface area contributed by atoms with Crippen molar-refractivity contribution in [2.24, 2.45) is 0 Å². The molecule has 15 heteroatoms. The molecule has 15 nitrogen and oxygen atoms in total. The number of carbonyl (C=O) groups excluding carboxylic acids is 6. The van der Waals surface area contributed by atoms with Crippen LogP contribution in [0.25, 0.3) is 0 Å². The van der Waals surface area contributed by atoms with E-state index in [4.69, 9.17) is 37.9 Å². The van der Waals surface area contributed by atoms with E-state index in [1.54, 1.807) is 28.4 Å². The Balaban J connectivity index is 1.81. The standard InChI is InChI=1S/C52H52O15/c1-9-44(54)64-27-32-15-36-23-40-19-34(29-66-47(57)12-11-31(3)53)20-41(51(40)62-7)24-37-16-33(28-65-45(55)10-2)18-39(50(37)61-6)26-43-22-35(30-67-48(58)14-13-46(56)59-4)21-42(52(43)63-8)25-38(17-32)49(36)60-5/h9-22H,1-2,23-30H2,3-8H3/b12-11-,14-13-. The van der Waals surface area contributed by atoms with Crippen molar-refractivity contribution in [2.45, 2.75) is 59.0 Å². The summed E-state index contributed by atoms with van der Waals surface area (Å²) in [5, 5.41) is 0. The molecule has 1 aliphatic carbocycles. The van der Waals surface area contributed by atoms with Gasteiger partial charge in [-0.2, -0.15) is 0 Å². The lowest BCUT2D eigenvalue weighted by molar-refractivity contribution is -0.140. The van der Waals surface area contributed by atoms with Crippen LogP contribution in [0.5, 0.6) is 23.0 Å². The molecular formula is C52H52O15. The first-order valence-electron chi connectivity index (χ1n) is 20.8. The molecule has 67 heavy (non-hydrogen) atoms. The number of rotatable bonds is 18. The number of hydrogen-bond acceptors (Lipinski definition) is 15. The summed E-state index contributed by atoms with van der Waals surface area (Å²) in [6.45, 7) is 7.83. The lowest BCUT2D eigenvalue weighted by Crippen LogP contribution is -2.10. The van der Waals surface area contributed by atoms with E-state index >= 15 is 0 Å². The van der Waals surface area contributed by atoms with Gasteiger partial charge in [-0.05, 0) is 128 Å². The second-order valence-corrected chi connectivity index (χ2v) is 15.1. The van der Waals surface area contributed by atoms with E-state index in [2.05, 4.69) is 17.9 Å². The summed E-state index contributed by atoms with van der Waals surface area (Å²) in [4.78, 5) is 73.3. The summed E-state index contributed by atoms with van der Waals surface area (Å²) in [6, 6.07) is 14.8. The van der Waals surface area contributed by atoms with Crippen molar-refractivity contribution in [3.8, 4) is 23.0 Å². The Labute approximate surface area is 388 Å². The SMILES string of the molecule is C=CC(=O)OCc1cc2c(OC)c(c1)Cc1cc(COC(=O)/C=C\C(=O)OC)cc(c1OC)Cc1cc(COC(=O)C=C)cc(c1OC)Cc1cc(COC(=O)/C=C\C(C)=O)cc(c1OC)C2. The van der Waals surface area contributed by atoms with Gasteiger partial charge in [0.05, 0.1) is 35.5 Å². The van der Waals surface area contributed by atoms with Crippen LogP contribution in [0.1, 0.15) is 73.7 Å². The van der Waals surface area contributed by atoms with Crippen molar-refractivity contribution < 1.29 is 71.4 Å². The van der Waals surface area contributed by atoms with E-state index in [0.29, 0.717) is 89.8 Å². The van der Waals surface area contributed by atoms with Gasteiger partial charge < -0.3 is 42.6 Å². The van der Waals surface area contributed by atoms with Gasteiger partial charge in [-0.15, -0.1) is 0 Å². The van der Waals surface area contributed by atoms with E-state index in [-0.39, 0.29) is 57.9 Å². The molecule has 0 spiro atoms. The zero-order valence-corrected chi connectivity index (χ0v) is 38.3. The third-order valence-electron chi connectivity index (χ3n) is 10.4. The molecule has 0 heterocycles. The number of ether oxygens (including phenoxy) is 9. The number of esters is 5. The van der Waals surface area contributed by atoms with E-state index in [9.17, 15) is 28.8 Å². The van der Waals surface area contributed by atoms with Gasteiger partial charge >= 0.3 is 29.8 Å². The number of methoxy groups -OCH3 is 5. The monoisotopic (exact) mass is 916 g/mol. The van der Waals surface area contributed by atoms with Gasteiger partial charge in [0.25, 0.3) is 0 Å². The van der Waals surface area contributed by atoms with Crippen molar-refractivity contribution in [3.05, 3.63) is 165 Å². The van der Waals surface area contributed by atoms with Crippen LogP contribution >= 0.6 is 0 Å². The number of ketones is 1. The molecule has 0 amide bonds. The Bertz CT molecular complexity index is 2500. The van der Waals surface area contributed by atoms with E-state index < -0.39 is 29.8 Å². The van der Waals surface area contributed by atoms with Crippen LogP contribution < -0.4 is 18.9 Å². The summed E-state index contributed by atoms with van der Waals surface area (Å²) in [5.74, 6) is -1.69. The number of hydrogen-bond donors (Lipinski definition) is 0. The van der Waals surface area contributed by atoms with Crippen molar-refractivity contribution in [2.75, 3.05) is 35.5 Å². The fourth-order valence-corrected chi connectivity index (χ4v) is 7.78. The van der Waals surface area contributed by atoms with Crippen LogP contribution in [0.2, 0.25) is 0 Å². The molecule has 0 saturated heterocycles. The van der Waals surface area contributed by atoms with Crippen LogP contribution in [0.15, 0.2) is 98.1 Å². The average Bonchev–Trinajstić information content (AvgIpc) is 3.31. The predicted octanol–water partition coefficient (Wildman–Crippen LogP) is 6.82. The van der Waals surface area contributed by atoms with E-state index in [1.807, 2.05) is 48.5 Å². The predicted molar refractivity (Wildman–Crippen MR) is 244 cm³/mol. The molecule has 8 bridgehead atoms. The average molecular weight is 917 g/mol. The molecule has 5 rings (SSSR count). The Morgan fingerprint density at radius 3 is 0.866 bits per heavy atom. The Kier molecular flexibility index (Phi) is 17.8. The minimum atomic E-state index is -0.773. The van der Waals surface area contributed by atoms with Crippen LogP contribution in [0.4, 0.5) is 0 Å². The normalized spacial score (nSPS) is 11.8. The fraction of sp³-hybridized carbons (Fsp3) is 0.269. The summed E-state index contributed by atoms with van der Waals surface area (Å²) in [7, 11) is 7.39. The molecular weight excluding hydrogens is 865 g/mol. The maximum absolute atomic E-state index is 12.7. The van der Waals surface area contributed by atoms with Crippen LogP contribution in [0.3, 0.4) is 0 Å². The first-order valence-corrected chi connectivity index (χ1v) is 20.8. The fourth-order valence-electron chi connectivity index (χ4n) is 7.78. The molecule has 0 aromatic heterocycles. The van der Waals surface area contributed by atoms with Crippen molar-refractivity contribution >= 4 is 35.6 Å². The van der Waals surface area contributed by atoms with E-state index in [1.165, 1.54) is 14.0 Å². The molecule has 0 N–H and O–H groups in total. The topological polar surface area (TPSA) is 185 Å². The molecule has 0 atom stereocenters. The largest absolute Gasteiger partial charge is 0.496 e. The molecule has 0 saturated carbocycles. The molecule has 0 aliphatic heterocycles. The van der Waals surface area contributed by atoms with Gasteiger partial charge in [-0.3, -0.25) is 4.79 Å². The smallest absolute Gasteiger partial charge is 0.331 e. The Hall–Kier alpha value is -7.94. The third-order valence-corrected chi connectivity index (χ3v) is 10.4. The van der Waals surface area contributed by atoms with Gasteiger partial charge in [0, 0.05) is 56.1 Å². The lowest BCUT2D eigenvalue weighted by Gasteiger charge is -2.23. The highest BCUT2D eigenvalue weighted by molar-refractivity contribution is 5.94. The summed E-state index contributed by atoms with van der Waals surface area (Å²) >= 11 is 0. The zero-order chi connectivity index (χ0) is 48.6. The molecule has 0 unspecified atom stereocenters. The molecule has 4 aromatic carbocycles. The van der Waals surface area contributed by atoms with Crippen molar-refractivity contribution in [1.82, 2.24) is 0 Å². The van der Waals surface area contributed by atoms with Gasteiger partial charge in [-0.1, -0.05) is 13.2 Å². The molecule has 4 aromatic rings. The quantitative estimate of drug-likeness (QED) is 0.0506. The lowest BCUT2D eigenvalue weighted by atomic mass is 9.88.